The van der Waals surface area contributed by atoms with Crippen LogP contribution in [0.15, 0.2) is 58.8 Å². The number of benzene rings is 2. The summed E-state index contributed by atoms with van der Waals surface area (Å²) in [4.78, 5) is 35.5. The van der Waals surface area contributed by atoms with Crippen LogP contribution >= 0.6 is 0 Å². The van der Waals surface area contributed by atoms with Gasteiger partial charge in [0.1, 0.15) is 6.61 Å². The number of nitrogens with one attached hydrogen (secondary N) is 4. The fraction of sp³-hybridized carbons (Fsp3) is 0.308. The molecule has 0 spiro atoms. The van der Waals surface area contributed by atoms with E-state index in [4.69, 9.17) is 14.2 Å². The van der Waals surface area contributed by atoms with Crippen LogP contribution < -0.4 is 30.8 Å². The number of aliphatic hydroxyl groups is 1. The van der Waals surface area contributed by atoms with Crippen molar-refractivity contribution in [2.24, 2.45) is 5.10 Å². The van der Waals surface area contributed by atoms with Crippen LogP contribution in [0.4, 0.5) is 10.5 Å². The van der Waals surface area contributed by atoms with Crippen molar-refractivity contribution in [1.82, 2.24) is 16.1 Å². The number of carbonyl (C=O) groups excluding carboxylic acids is 3. The van der Waals surface area contributed by atoms with E-state index in [1.54, 1.807) is 56.3 Å². The van der Waals surface area contributed by atoms with Gasteiger partial charge in [0.25, 0.3) is 0 Å². The molecule has 0 saturated carbocycles. The highest BCUT2D eigenvalue weighted by molar-refractivity contribution is 5.95. The third-order valence-corrected chi connectivity index (χ3v) is 5.34. The topological polar surface area (TPSA) is 160 Å². The average molecular weight is 526 g/mol. The second-order valence-electron chi connectivity index (χ2n) is 8.22. The van der Waals surface area contributed by atoms with E-state index < -0.39 is 24.3 Å². The number of carbonyl (C=O) groups is 3. The number of hydrazone groups is 1. The van der Waals surface area contributed by atoms with Crippen LogP contribution in [-0.2, 0) is 14.3 Å². The van der Waals surface area contributed by atoms with Gasteiger partial charge in [-0.25, -0.2) is 9.59 Å². The molecule has 5 N–H and O–H groups in total. The first-order chi connectivity index (χ1) is 18.2. The summed E-state index contributed by atoms with van der Waals surface area (Å²) in [5, 5.41) is 22.2. The molecule has 2 atom stereocenters. The average Bonchev–Trinajstić information content (AvgIpc) is 2.88. The Balaban J connectivity index is 1.65. The molecule has 0 aliphatic carbocycles. The van der Waals surface area contributed by atoms with Crippen molar-refractivity contribution in [3.8, 4) is 11.5 Å². The van der Waals surface area contributed by atoms with E-state index in [-0.39, 0.29) is 18.1 Å². The highest BCUT2D eigenvalue weighted by Crippen LogP contribution is 2.34. The quantitative estimate of drug-likeness (QED) is 0.129. The maximum absolute atomic E-state index is 12.4. The molecule has 12 heteroatoms. The molecule has 0 bridgehead atoms. The third kappa shape index (κ3) is 7.46. The molecular weight excluding hydrogens is 494 g/mol. The number of hydrogen-bond donors (Lipinski definition) is 5. The first kappa shape index (κ1) is 28.0. The number of amides is 3. The maximum atomic E-state index is 12.4. The Morgan fingerprint density at radius 2 is 1.89 bits per heavy atom. The minimum atomic E-state index is -1.13. The molecule has 3 amide bonds. The SMILES string of the molecule is CCOc1cc([C@@H]2NC(=O)NC(C)=C2C(=O)OC)ccc1OC[C@H](O)N/N=C\c1ccc(NC(C)=O)cc1. The molecule has 2 aromatic carbocycles. The molecule has 0 unspecified atom stereocenters. The minimum absolute atomic E-state index is 0.144. The number of nitrogens with zero attached hydrogens (tertiary/aromatic N) is 1. The Hall–Kier alpha value is -4.58. The zero-order valence-corrected chi connectivity index (χ0v) is 21.5. The molecule has 1 aliphatic rings. The Kier molecular flexibility index (Phi) is 9.66. The van der Waals surface area contributed by atoms with Crippen molar-refractivity contribution in [3.05, 3.63) is 64.9 Å². The minimum Gasteiger partial charge on any atom is -0.490 e. The van der Waals surface area contributed by atoms with Crippen molar-refractivity contribution in [3.63, 3.8) is 0 Å². The van der Waals surface area contributed by atoms with Crippen LogP contribution in [0, 0.1) is 0 Å². The van der Waals surface area contributed by atoms with Gasteiger partial charge in [-0.1, -0.05) is 18.2 Å². The molecule has 38 heavy (non-hydrogen) atoms. The Labute approximate surface area is 220 Å². The summed E-state index contributed by atoms with van der Waals surface area (Å²) >= 11 is 0. The number of urea groups is 1. The summed E-state index contributed by atoms with van der Waals surface area (Å²) in [7, 11) is 1.27. The van der Waals surface area contributed by atoms with Gasteiger partial charge in [-0.15, -0.1) is 0 Å². The molecule has 0 aromatic heterocycles. The third-order valence-electron chi connectivity index (χ3n) is 5.34. The van der Waals surface area contributed by atoms with E-state index in [2.05, 4.69) is 26.5 Å². The summed E-state index contributed by atoms with van der Waals surface area (Å²) in [6, 6.07) is 10.8. The predicted octanol–water partition coefficient (Wildman–Crippen LogP) is 2.17. The van der Waals surface area contributed by atoms with Crippen molar-refractivity contribution in [2.75, 3.05) is 25.6 Å². The molecule has 1 heterocycles. The van der Waals surface area contributed by atoms with Crippen molar-refractivity contribution in [1.29, 1.82) is 0 Å². The second-order valence-corrected chi connectivity index (χ2v) is 8.22. The molecule has 0 radical (unpaired) electrons. The molecule has 12 nitrogen and oxygen atoms in total. The fourth-order valence-corrected chi connectivity index (χ4v) is 3.68. The number of methoxy groups -OCH3 is 1. The highest BCUT2D eigenvalue weighted by Gasteiger charge is 2.32. The maximum Gasteiger partial charge on any atom is 0.337 e. The number of esters is 1. The lowest BCUT2D eigenvalue weighted by Crippen LogP contribution is -2.45. The lowest BCUT2D eigenvalue weighted by molar-refractivity contribution is -0.136. The monoisotopic (exact) mass is 525 g/mol. The summed E-state index contributed by atoms with van der Waals surface area (Å²) in [5.41, 5.74) is 5.25. The normalized spacial score (nSPS) is 15.8. The number of ether oxygens (including phenoxy) is 3. The van der Waals surface area contributed by atoms with E-state index in [0.29, 0.717) is 35.1 Å². The molecular formula is C26H31N5O7. The van der Waals surface area contributed by atoms with E-state index >= 15 is 0 Å². The van der Waals surface area contributed by atoms with Gasteiger partial charge in [0.2, 0.25) is 5.91 Å². The van der Waals surface area contributed by atoms with Gasteiger partial charge in [0, 0.05) is 18.3 Å². The number of hydrogen-bond acceptors (Lipinski definition) is 9. The van der Waals surface area contributed by atoms with Crippen LogP contribution in [0.1, 0.15) is 37.9 Å². The van der Waals surface area contributed by atoms with Crippen LogP contribution in [-0.4, -0.2) is 55.8 Å². The molecule has 2 aromatic rings. The van der Waals surface area contributed by atoms with Gasteiger partial charge in [0.05, 0.1) is 31.5 Å². The smallest absolute Gasteiger partial charge is 0.337 e. The van der Waals surface area contributed by atoms with E-state index in [1.807, 2.05) is 0 Å². The first-order valence-electron chi connectivity index (χ1n) is 11.8. The van der Waals surface area contributed by atoms with Gasteiger partial charge in [-0.2, -0.15) is 5.10 Å². The van der Waals surface area contributed by atoms with Crippen molar-refractivity contribution in [2.45, 2.75) is 33.0 Å². The lowest BCUT2D eigenvalue weighted by atomic mass is 9.95. The Bertz CT molecular complexity index is 1230. The standard InChI is InChI=1S/C26H31N5O7/c1-5-37-21-12-18(24-23(25(34)36-4)15(2)28-26(35)30-24)8-11-20(21)38-14-22(33)31-27-13-17-6-9-19(10-7-17)29-16(3)32/h6-13,22,24,31,33H,5,14H2,1-4H3,(H,29,32)(H2,28,30,35)/b27-13-/t22-,24-/m0/s1. The van der Waals surface area contributed by atoms with Crippen molar-refractivity contribution < 1.29 is 33.7 Å². The molecule has 3 rings (SSSR count). The van der Waals surface area contributed by atoms with Crippen molar-refractivity contribution >= 4 is 29.8 Å². The van der Waals surface area contributed by atoms with Gasteiger partial charge in [-0.3, -0.25) is 10.2 Å². The molecule has 0 fully saturated rings. The fourth-order valence-electron chi connectivity index (χ4n) is 3.68. The van der Waals surface area contributed by atoms with E-state index in [9.17, 15) is 19.5 Å². The van der Waals surface area contributed by atoms with E-state index in [1.165, 1.54) is 20.2 Å². The Morgan fingerprint density at radius 3 is 2.55 bits per heavy atom. The molecule has 202 valence electrons. The van der Waals surface area contributed by atoms with Crippen LogP contribution in [0.2, 0.25) is 0 Å². The largest absolute Gasteiger partial charge is 0.490 e. The van der Waals surface area contributed by atoms with Crippen LogP contribution in [0.5, 0.6) is 11.5 Å². The van der Waals surface area contributed by atoms with Gasteiger partial charge < -0.3 is 35.3 Å². The Morgan fingerprint density at radius 1 is 1.16 bits per heavy atom. The summed E-state index contributed by atoms with van der Waals surface area (Å²) in [5.74, 6) is -0.00448. The highest BCUT2D eigenvalue weighted by atomic mass is 16.5. The first-order valence-corrected chi connectivity index (χ1v) is 11.8. The number of rotatable bonds is 11. The van der Waals surface area contributed by atoms with Crippen LogP contribution in [0.25, 0.3) is 0 Å². The van der Waals surface area contributed by atoms with E-state index in [0.717, 1.165) is 5.56 Å². The predicted molar refractivity (Wildman–Crippen MR) is 140 cm³/mol. The van der Waals surface area contributed by atoms with Gasteiger partial charge in [-0.05, 0) is 49.2 Å². The van der Waals surface area contributed by atoms with Gasteiger partial charge in [0.15, 0.2) is 17.7 Å². The summed E-state index contributed by atoms with van der Waals surface area (Å²) in [6.45, 7) is 5.05. The summed E-state index contributed by atoms with van der Waals surface area (Å²) < 4.78 is 16.3. The lowest BCUT2D eigenvalue weighted by Gasteiger charge is -2.28. The molecule has 0 saturated heterocycles. The number of anilines is 1. The number of aliphatic hydroxyl groups excluding tert-OH is 1. The van der Waals surface area contributed by atoms with Gasteiger partial charge >= 0.3 is 12.0 Å². The second kappa shape index (κ2) is 13.1. The molecule has 1 aliphatic heterocycles. The van der Waals surface area contributed by atoms with Crippen LogP contribution in [0.3, 0.4) is 0 Å². The summed E-state index contributed by atoms with van der Waals surface area (Å²) in [6.07, 6.45) is 0.391. The zero-order chi connectivity index (χ0) is 27.7. The number of allylic oxidation sites excluding steroid dienone is 1. The zero-order valence-electron chi connectivity index (χ0n) is 21.5.